The number of ether oxygens (including phenoxy) is 1. The number of rotatable bonds is 7. The molecule has 0 spiro atoms. The van der Waals surface area contributed by atoms with Gasteiger partial charge in [0.05, 0.1) is 18.8 Å². The van der Waals surface area contributed by atoms with E-state index in [1.807, 2.05) is 0 Å². The highest BCUT2D eigenvalue weighted by molar-refractivity contribution is 5.88. The van der Waals surface area contributed by atoms with Crippen LogP contribution in [-0.2, 0) is 19.3 Å². The molecule has 0 aliphatic heterocycles. The molecule has 1 aromatic rings. The minimum Gasteiger partial charge on any atom is -0.462 e. The van der Waals surface area contributed by atoms with Crippen molar-refractivity contribution >= 4 is 11.9 Å². The van der Waals surface area contributed by atoms with Crippen LogP contribution >= 0.6 is 0 Å². The zero-order chi connectivity index (χ0) is 14.1. The Labute approximate surface area is 111 Å². The van der Waals surface area contributed by atoms with Gasteiger partial charge in [0.2, 0.25) is 0 Å². The van der Waals surface area contributed by atoms with Gasteiger partial charge in [-0.1, -0.05) is 24.8 Å². The van der Waals surface area contributed by atoms with E-state index in [1.54, 1.807) is 37.3 Å². The molecule has 0 atom stereocenters. The number of hydrogen-bond donors (Lipinski definition) is 0. The van der Waals surface area contributed by atoms with Crippen molar-refractivity contribution in [2.24, 2.45) is 0 Å². The molecule has 0 saturated carbocycles. The lowest BCUT2D eigenvalue weighted by Gasteiger charge is -2.05. The Bertz CT molecular complexity index is 438. The molecule has 19 heavy (non-hydrogen) atoms. The summed E-state index contributed by atoms with van der Waals surface area (Å²) in [5.74, 6) is -0.999. The van der Waals surface area contributed by atoms with Crippen LogP contribution in [-0.4, -0.2) is 25.2 Å². The quantitative estimate of drug-likeness (QED) is 0.248. The summed E-state index contributed by atoms with van der Waals surface area (Å²) in [4.78, 5) is 31.8. The van der Waals surface area contributed by atoms with E-state index in [0.717, 1.165) is 0 Å². The molecule has 0 heterocycles. The predicted octanol–water partition coefficient (Wildman–Crippen LogP) is 2.28. The van der Waals surface area contributed by atoms with Gasteiger partial charge in [0, 0.05) is 12.0 Å². The number of carbonyl (C=O) groups excluding carboxylic acids is 2. The molecule has 102 valence electrons. The van der Waals surface area contributed by atoms with E-state index in [2.05, 4.69) is 11.5 Å². The van der Waals surface area contributed by atoms with Gasteiger partial charge >= 0.3 is 11.9 Å². The number of esters is 1. The van der Waals surface area contributed by atoms with Crippen LogP contribution in [0.1, 0.15) is 23.7 Å². The first-order chi connectivity index (χ1) is 9.11. The van der Waals surface area contributed by atoms with Gasteiger partial charge in [0.25, 0.3) is 0 Å². The minimum absolute atomic E-state index is 0.155. The van der Waals surface area contributed by atoms with Gasteiger partial charge in [-0.05, 0) is 19.1 Å². The molecule has 0 aliphatic carbocycles. The molecular weight excluding hydrogens is 248 g/mol. The van der Waals surface area contributed by atoms with Crippen LogP contribution in [0.2, 0.25) is 0 Å². The van der Waals surface area contributed by atoms with Crippen LogP contribution in [0.4, 0.5) is 0 Å². The van der Waals surface area contributed by atoms with Gasteiger partial charge in [-0.25, -0.2) is 9.59 Å². The van der Waals surface area contributed by atoms with Crippen molar-refractivity contribution in [3.8, 4) is 0 Å². The molecule has 0 bridgehead atoms. The summed E-state index contributed by atoms with van der Waals surface area (Å²) < 4.78 is 4.84. The molecule has 0 aliphatic rings. The van der Waals surface area contributed by atoms with Crippen LogP contribution in [0.25, 0.3) is 0 Å². The molecule has 0 amide bonds. The fourth-order valence-corrected chi connectivity index (χ4v) is 1.12. The molecule has 0 fully saturated rings. The summed E-state index contributed by atoms with van der Waals surface area (Å²) in [6.45, 7) is 5.37. The Balaban J connectivity index is 2.10. The van der Waals surface area contributed by atoms with Crippen molar-refractivity contribution in [3.63, 3.8) is 0 Å². The van der Waals surface area contributed by atoms with Crippen molar-refractivity contribution in [2.75, 3.05) is 13.2 Å². The topological polar surface area (TPSA) is 61.8 Å². The molecule has 5 nitrogen and oxygen atoms in total. The second kappa shape index (κ2) is 8.05. The Hall–Kier alpha value is -2.14. The second-order valence-electron chi connectivity index (χ2n) is 3.83. The number of benzene rings is 1. The summed E-state index contributed by atoms with van der Waals surface area (Å²) in [7, 11) is 0. The summed E-state index contributed by atoms with van der Waals surface area (Å²) in [6.07, 6.45) is 0.432. The molecule has 0 unspecified atom stereocenters. The molecular formula is C14H16O5. The summed E-state index contributed by atoms with van der Waals surface area (Å²) in [5.41, 5.74) is 0.757. The third kappa shape index (κ3) is 5.83. The molecule has 0 N–H and O–H groups in total. The van der Waals surface area contributed by atoms with Crippen LogP contribution < -0.4 is 0 Å². The van der Waals surface area contributed by atoms with E-state index in [9.17, 15) is 9.59 Å². The Morgan fingerprint density at radius 1 is 1.16 bits per heavy atom. The SMILES string of the molecule is C=C(C)C(=O)OCCCOOC(=O)c1ccccc1. The van der Waals surface area contributed by atoms with Crippen LogP contribution in [0.3, 0.4) is 0 Å². The summed E-state index contributed by atoms with van der Waals surface area (Å²) in [6, 6.07) is 8.51. The van der Waals surface area contributed by atoms with E-state index in [-0.39, 0.29) is 13.2 Å². The fraction of sp³-hybridized carbons (Fsp3) is 0.286. The minimum atomic E-state index is -0.556. The first-order valence-electron chi connectivity index (χ1n) is 5.82. The summed E-state index contributed by atoms with van der Waals surface area (Å²) in [5, 5.41) is 0. The van der Waals surface area contributed by atoms with Crippen molar-refractivity contribution in [3.05, 3.63) is 48.0 Å². The Kier molecular flexibility index (Phi) is 6.32. The van der Waals surface area contributed by atoms with Gasteiger partial charge in [-0.15, -0.1) is 0 Å². The zero-order valence-electron chi connectivity index (χ0n) is 10.8. The van der Waals surface area contributed by atoms with Crippen molar-refractivity contribution in [2.45, 2.75) is 13.3 Å². The predicted molar refractivity (Wildman–Crippen MR) is 68.2 cm³/mol. The number of hydrogen-bond acceptors (Lipinski definition) is 5. The average molecular weight is 264 g/mol. The average Bonchev–Trinajstić information content (AvgIpc) is 2.42. The largest absolute Gasteiger partial charge is 0.462 e. The highest BCUT2D eigenvalue weighted by atomic mass is 17.2. The molecule has 1 aromatic carbocycles. The van der Waals surface area contributed by atoms with Gasteiger partial charge in [0.1, 0.15) is 0 Å². The third-order valence-electron chi connectivity index (χ3n) is 2.10. The Morgan fingerprint density at radius 2 is 1.84 bits per heavy atom. The smallest absolute Gasteiger partial charge is 0.373 e. The van der Waals surface area contributed by atoms with E-state index in [4.69, 9.17) is 9.62 Å². The van der Waals surface area contributed by atoms with E-state index in [1.165, 1.54) is 0 Å². The van der Waals surface area contributed by atoms with Gasteiger partial charge in [-0.2, -0.15) is 4.89 Å². The van der Waals surface area contributed by atoms with Gasteiger partial charge < -0.3 is 4.74 Å². The van der Waals surface area contributed by atoms with E-state index < -0.39 is 11.9 Å². The van der Waals surface area contributed by atoms with Crippen LogP contribution in [0.5, 0.6) is 0 Å². The second-order valence-corrected chi connectivity index (χ2v) is 3.83. The molecule has 0 radical (unpaired) electrons. The highest BCUT2D eigenvalue weighted by Crippen LogP contribution is 2.01. The fourth-order valence-electron chi connectivity index (χ4n) is 1.12. The molecule has 1 rings (SSSR count). The standard InChI is InChI=1S/C14H16O5/c1-11(2)13(15)17-9-6-10-18-19-14(16)12-7-4-3-5-8-12/h3-5,7-8H,1,6,9-10H2,2H3. The lowest BCUT2D eigenvalue weighted by molar-refractivity contribution is -0.242. The normalized spacial score (nSPS) is 9.74. The highest BCUT2D eigenvalue weighted by Gasteiger charge is 2.07. The zero-order valence-corrected chi connectivity index (χ0v) is 10.8. The van der Waals surface area contributed by atoms with E-state index in [0.29, 0.717) is 17.6 Å². The van der Waals surface area contributed by atoms with Crippen LogP contribution in [0.15, 0.2) is 42.5 Å². The van der Waals surface area contributed by atoms with Crippen LogP contribution in [0, 0.1) is 0 Å². The Morgan fingerprint density at radius 3 is 2.47 bits per heavy atom. The first-order valence-corrected chi connectivity index (χ1v) is 5.82. The molecule has 0 saturated heterocycles. The van der Waals surface area contributed by atoms with Gasteiger partial charge in [-0.3, -0.25) is 4.89 Å². The maximum atomic E-state index is 11.4. The third-order valence-corrected chi connectivity index (χ3v) is 2.10. The monoisotopic (exact) mass is 264 g/mol. The molecule has 5 heteroatoms. The number of carbonyl (C=O) groups is 2. The van der Waals surface area contributed by atoms with Crippen molar-refractivity contribution < 1.29 is 24.1 Å². The van der Waals surface area contributed by atoms with Crippen molar-refractivity contribution in [1.29, 1.82) is 0 Å². The van der Waals surface area contributed by atoms with E-state index >= 15 is 0 Å². The lowest BCUT2D eigenvalue weighted by atomic mass is 10.2. The maximum Gasteiger partial charge on any atom is 0.373 e. The first kappa shape index (κ1) is 14.9. The summed E-state index contributed by atoms with van der Waals surface area (Å²) >= 11 is 0. The maximum absolute atomic E-state index is 11.4. The molecule has 0 aromatic heterocycles. The van der Waals surface area contributed by atoms with Crippen molar-refractivity contribution in [1.82, 2.24) is 0 Å². The lowest BCUT2D eigenvalue weighted by Crippen LogP contribution is -2.10. The van der Waals surface area contributed by atoms with Gasteiger partial charge in [0.15, 0.2) is 0 Å².